The summed E-state index contributed by atoms with van der Waals surface area (Å²) in [7, 11) is 1.77. The molecule has 0 bridgehead atoms. The number of hydrogen-bond acceptors (Lipinski definition) is 3. The molecule has 0 saturated carbocycles. The van der Waals surface area contributed by atoms with Gasteiger partial charge in [0.2, 0.25) is 11.8 Å². The first-order valence-electron chi connectivity index (χ1n) is 5.96. The van der Waals surface area contributed by atoms with E-state index in [-0.39, 0.29) is 18.4 Å². The Morgan fingerprint density at radius 1 is 1.37 bits per heavy atom. The topological polar surface area (TPSA) is 61.4 Å². The third-order valence-electron chi connectivity index (χ3n) is 2.39. The quantitative estimate of drug-likeness (QED) is 0.802. The van der Waals surface area contributed by atoms with E-state index >= 15 is 0 Å². The molecule has 6 heteroatoms. The van der Waals surface area contributed by atoms with Crippen LogP contribution in [0.4, 0.5) is 10.1 Å². The van der Waals surface area contributed by atoms with Gasteiger partial charge in [0.05, 0.1) is 6.54 Å². The van der Waals surface area contributed by atoms with E-state index in [1.54, 1.807) is 18.0 Å². The molecule has 0 spiro atoms. The smallest absolute Gasteiger partial charge is 0.238 e. The molecular formula is C13H18FN3O2. The van der Waals surface area contributed by atoms with Gasteiger partial charge in [-0.05, 0) is 25.2 Å². The average Bonchev–Trinajstić information content (AvgIpc) is 2.27. The van der Waals surface area contributed by atoms with Crippen LogP contribution in [-0.2, 0) is 9.59 Å². The molecule has 0 aliphatic carbocycles. The standard InChI is InChI=1S/C13H18FN3O2/c1-10(18)15-6-7-17(2)9-13(19)16-12-5-3-4-11(14)8-12/h3-5,8H,6-7,9H2,1-2H3,(H,15,18)(H,16,19). The van der Waals surface area contributed by atoms with E-state index in [2.05, 4.69) is 10.6 Å². The van der Waals surface area contributed by atoms with Gasteiger partial charge in [-0.2, -0.15) is 0 Å². The van der Waals surface area contributed by atoms with Crippen molar-refractivity contribution in [3.8, 4) is 0 Å². The third kappa shape index (κ3) is 6.52. The summed E-state index contributed by atoms with van der Waals surface area (Å²) in [6.07, 6.45) is 0. The summed E-state index contributed by atoms with van der Waals surface area (Å²) in [5.41, 5.74) is 0.431. The highest BCUT2D eigenvalue weighted by molar-refractivity contribution is 5.92. The van der Waals surface area contributed by atoms with E-state index in [4.69, 9.17) is 0 Å². The molecular weight excluding hydrogens is 249 g/mol. The predicted octanol–water partition coefficient (Wildman–Crippen LogP) is 0.832. The second kappa shape index (κ2) is 7.48. The first-order valence-corrected chi connectivity index (χ1v) is 5.96. The number of benzene rings is 1. The fourth-order valence-corrected chi connectivity index (χ4v) is 1.51. The number of carbonyl (C=O) groups is 2. The highest BCUT2D eigenvalue weighted by Gasteiger charge is 2.07. The van der Waals surface area contributed by atoms with Crippen molar-refractivity contribution in [3.63, 3.8) is 0 Å². The lowest BCUT2D eigenvalue weighted by Gasteiger charge is -2.16. The number of likely N-dealkylation sites (N-methyl/N-ethyl adjacent to an activating group) is 1. The molecule has 0 aromatic heterocycles. The molecule has 5 nitrogen and oxygen atoms in total. The summed E-state index contributed by atoms with van der Waals surface area (Å²) in [6, 6.07) is 5.73. The van der Waals surface area contributed by atoms with Gasteiger partial charge < -0.3 is 10.6 Å². The Morgan fingerprint density at radius 3 is 2.74 bits per heavy atom. The molecule has 0 aliphatic heterocycles. The van der Waals surface area contributed by atoms with Gasteiger partial charge in [-0.15, -0.1) is 0 Å². The van der Waals surface area contributed by atoms with Crippen LogP contribution in [0.15, 0.2) is 24.3 Å². The zero-order chi connectivity index (χ0) is 14.3. The molecule has 0 radical (unpaired) electrons. The monoisotopic (exact) mass is 267 g/mol. The summed E-state index contributed by atoms with van der Waals surface area (Å²) in [5, 5.41) is 5.25. The molecule has 1 aromatic rings. The van der Waals surface area contributed by atoms with Crippen molar-refractivity contribution in [2.75, 3.05) is 32.0 Å². The van der Waals surface area contributed by atoms with Crippen molar-refractivity contribution >= 4 is 17.5 Å². The zero-order valence-corrected chi connectivity index (χ0v) is 11.1. The maximum Gasteiger partial charge on any atom is 0.238 e. The Bertz CT molecular complexity index is 451. The van der Waals surface area contributed by atoms with Gasteiger partial charge in [0.1, 0.15) is 5.82 Å². The molecule has 2 amide bonds. The van der Waals surface area contributed by atoms with Crippen LogP contribution in [0.5, 0.6) is 0 Å². The van der Waals surface area contributed by atoms with Crippen LogP contribution in [0, 0.1) is 5.82 Å². The van der Waals surface area contributed by atoms with E-state index in [0.29, 0.717) is 18.8 Å². The summed E-state index contributed by atoms with van der Waals surface area (Å²) < 4.78 is 12.9. The molecule has 0 fully saturated rings. The molecule has 19 heavy (non-hydrogen) atoms. The Hall–Kier alpha value is -1.95. The minimum absolute atomic E-state index is 0.0994. The largest absolute Gasteiger partial charge is 0.355 e. The minimum atomic E-state index is -0.392. The van der Waals surface area contributed by atoms with E-state index in [9.17, 15) is 14.0 Å². The number of anilines is 1. The third-order valence-corrected chi connectivity index (χ3v) is 2.39. The van der Waals surface area contributed by atoms with Gasteiger partial charge in [0.25, 0.3) is 0 Å². The molecule has 2 N–H and O–H groups in total. The van der Waals surface area contributed by atoms with Crippen LogP contribution < -0.4 is 10.6 Å². The number of rotatable bonds is 6. The molecule has 1 rings (SSSR count). The highest BCUT2D eigenvalue weighted by atomic mass is 19.1. The molecule has 1 aromatic carbocycles. The molecule has 0 saturated heterocycles. The fourth-order valence-electron chi connectivity index (χ4n) is 1.51. The van der Waals surface area contributed by atoms with Crippen molar-refractivity contribution < 1.29 is 14.0 Å². The summed E-state index contributed by atoms with van der Waals surface area (Å²) in [4.78, 5) is 24.1. The van der Waals surface area contributed by atoms with Crippen molar-refractivity contribution in [3.05, 3.63) is 30.1 Å². The van der Waals surface area contributed by atoms with Gasteiger partial charge in [-0.25, -0.2) is 4.39 Å². The van der Waals surface area contributed by atoms with Gasteiger partial charge in [0, 0.05) is 25.7 Å². The van der Waals surface area contributed by atoms with Gasteiger partial charge in [-0.3, -0.25) is 14.5 Å². The van der Waals surface area contributed by atoms with E-state index in [0.717, 1.165) is 0 Å². The number of amides is 2. The van der Waals surface area contributed by atoms with Crippen LogP contribution in [0.1, 0.15) is 6.92 Å². The lowest BCUT2D eigenvalue weighted by molar-refractivity contribution is -0.118. The van der Waals surface area contributed by atoms with Gasteiger partial charge >= 0.3 is 0 Å². The Kier molecular flexibility index (Phi) is 5.95. The fraction of sp³-hybridized carbons (Fsp3) is 0.385. The SMILES string of the molecule is CC(=O)NCCN(C)CC(=O)Nc1cccc(F)c1. The van der Waals surface area contributed by atoms with Gasteiger partial charge in [0.15, 0.2) is 0 Å². The number of halogens is 1. The summed E-state index contributed by atoms with van der Waals surface area (Å²) in [6.45, 7) is 2.67. The number of carbonyl (C=O) groups excluding carboxylic acids is 2. The second-order valence-corrected chi connectivity index (χ2v) is 4.28. The van der Waals surface area contributed by atoms with Crippen molar-refractivity contribution in [2.45, 2.75) is 6.92 Å². The Labute approximate surface area is 111 Å². The maximum absolute atomic E-state index is 12.9. The van der Waals surface area contributed by atoms with Crippen LogP contribution in [0.25, 0.3) is 0 Å². The van der Waals surface area contributed by atoms with Gasteiger partial charge in [-0.1, -0.05) is 6.07 Å². The van der Waals surface area contributed by atoms with Crippen LogP contribution in [-0.4, -0.2) is 43.4 Å². The van der Waals surface area contributed by atoms with Crippen molar-refractivity contribution in [2.24, 2.45) is 0 Å². The number of nitrogens with one attached hydrogen (secondary N) is 2. The van der Waals surface area contributed by atoms with E-state index in [1.165, 1.54) is 25.1 Å². The molecule has 0 heterocycles. The van der Waals surface area contributed by atoms with Crippen molar-refractivity contribution in [1.82, 2.24) is 10.2 Å². The molecule has 0 aliphatic rings. The van der Waals surface area contributed by atoms with Crippen LogP contribution in [0.2, 0.25) is 0 Å². The van der Waals surface area contributed by atoms with E-state index < -0.39 is 5.82 Å². The lowest BCUT2D eigenvalue weighted by atomic mass is 10.3. The molecule has 104 valence electrons. The zero-order valence-electron chi connectivity index (χ0n) is 11.1. The highest BCUT2D eigenvalue weighted by Crippen LogP contribution is 2.08. The maximum atomic E-state index is 12.9. The number of hydrogen-bond donors (Lipinski definition) is 2. The lowest BCUT2D eigenvalue weighted by Crippen LogP contribution is -2.36. The minimum Gasteiger partial charge on any atom is -0.355 e. The normalized spacial score (nSPS) is 10.3. The molecule has 0 atom stereocenters. The van der Waals surface area contributed by atoms with E-state index in [1.807, 2.05) is 0 Å². The molecule has 0 unspecified atom stereocenters. The first-order chi connectivity index (χ1) is 8.97. The first kappa shape index (κ1) is 15.1. The van der Waals surface area contributed by atoms with Crippen LogP contribution in [0.3, 0.4) is 0 Å². The van der Waals surface area contributed by atoms with Crippen molar-refractivity contribution in [1.29, 1.82) is 0 Å². The van der Waals surface area contributed by atoms with Crippen LogP contribution >= 0.6 is 0 Å². The Morgan fingerprint density at radius 2 is 2.11 bits per heavy atom. The predicted molar refractivity (Wildman–Crippen MR) is 71.2 cm³/mol. The summed E-state index contributed by atoms with van der Waals surface area (Å²) >= 11 is 0. The average molecular weight is 267 g/mol. The Balaban J connectivity index is 2.32. The number of nitrogens with zero attached hydrogens (tertiary/aromatic N) is 1. The summed E-state index contributed by atoms with van der Waals surface area (Å²) in [5.74, 6) is -0.717. The second-order valence-electron chi connectivity index (χ2n) is 4.28.